The summed E-state index contributed by atoms with van der Waals surface area (Å²) in [5, 5.41) is 72.5. The molecule has 256 valence electrons. The Hall–Kier alpha value is -7.36. The third-order valence-electron chi connectivity index (χ3n) is 6.76. The van der Waals surface area contributed by atoms with E-state index in [0.29, 0.717) is 22.3 Å². The second-order valence-electron chi connectivity index (χ2n) is 10.5. The van der Waals surface area contributed by atoms with Gasteiger partial charge in [0.2, 0.25) is 0 Å². The molecule has 4 rings (SSSR count). The van der Waals surface area contributed by atoms with E-state index in [4.69, 9.17) is 40.9 Å². The Morgan fingerprint density at radius 2 is 0.380 bits per heavy atom. The highest BCUT2D eigenvalue weighted by atomic mass is 16.4. The van der Waals surface area contributed by atoms with Gasteiger partial charge in [-0.15, -0.1) is 0 Å². The van der Waals surface area contributed by atoms with E-state index in [0.717, 1.165) is 24.3 Å². The van der Waals surface area contributed by atoms with Crippen LogP contribution in [-0.4, -0.2) is 88.6 Å². The summed E-state index contributed by atoms with van der Waals surface area (Å²) < 4.78 is 0. The van der Waals surface area contributed by atoms with Gasteiger partial charge in [-0.2, -0.15) is 0 Å². The van der Waals surface area contributed by atoms with E-state index in [1.165, 1.54) is 48.5 Å². The number of hydrogen-bond donors (Lipinski definition) is 8. The third kappa shape index (κ3) is 9.82. The zero-order chi connectivity index (χ0) is 37.4. The summed E-state index contributed by atoms with van der Waals surface area (Å²) in [4.78, 5) is 89.0. The number of benzene rings is 4. The summed E-state index contributed by atoms with van der Waals surface area (Å²) in [5.74, 6) is -10.5. The molecule has 0 saturated carbocycles. The standard InChI is InChI=1S/2C17H12O8/c2*18-14(19)10-2-8(3-11(6-10)15(20)21)1-9-4-12(16(22)23)7-13(5-9)17(24)25/h2*2-7H,1H2,(H,18,19)(H,20,21)(H,22,23)(H,24,25). The molecule has 0 fully saturated rings. The average molecular weight is 689 g/mol. The van der Waals surface area contributed by atoms with Crippen LogP contribution in [-0.2, 0) is 12.8 Å². The van der Waals surface area contributed by atoms with Gasteiger partial charge < -0.3 is 40.9 Å². The number of aromatic carboxylic acids is 8. The van der Waals surface area contributed by atoms with Crippen LogP contribution in [0.25, 0.3) is 0 Å². The van der Waals surface area contributed by atoms with Crippen LogP contribution in [0.1, 0.15) is 105 Å². The lowest BCUT2D eigenvalue weighted by atomic mass is 9.97. The van der Waals surface area contributed by atoms with Crippen molar-refractivity contribution in [3.8, 4) is 0 Å². The Balaban J connectivity index is 0.000000270. The highest BCUT2D eigenvalue weighted by Gasteiger charge is 2.17. The topological polar surface area (TPSA) is 298 Å². The largest absolute Gasteiger partial charge is 0.478 e. The average Bonchev–Trinajstić information content (AvgIpc) is 3.04. The van der Waals surface area contributed by atoms with Gasteiger partial charge in [0.15, 0.2) is 0 Å². The number of hydrogen-bond acceptors (Lipinski definition) is 8. The summed E-state index contributed by atoms with van der Waals surface area (Å²) in [5.41, 5.74) is -0.660. The van der Waals surface area contributed by atoms with Gasteiger partial charge in [-0.3, -0.25) is 0 Å². The Labute approximate surface area is 279 Å². The minimum absolute atomic E-state index is 0.0250. The number of carbonyl (C=O) groups is 8. The van der Waals surface area contributed by atoms with Crippen molar-refractivity contribution in [1.82, 2.24) is 0 Å². The van der Waals surface area contributed by atoms with E-state index < -0.39 is 47.8 Å². The fourth-order valence-electron chi connectivity index (χ4n) is 4.64. The maximum absolute atomic E-state index is 11.1. The van der Waals surface area contributed by atoms with E-state index in [2.05, 4.69) is 0 Å². The molecule has 0 atom stereocenters. The second kappa shape index (κ2) is 15.5. The highest BCUT2D eigenvalue weighted by Crippen LogP contribution is 2.20. The molecule has 0 aliphatic carbocycles. The molecule has 0 aromatic heterocycles. The summed E-state index contributed by atoms with van der Waals surface area (Å²) in [7, 11) is 0. The first kappa shape index (κ1) is 37.1. The number of carboxylic acids is 8. The molecule has 0 bridgehead atoms. The quantitative estimate of drug-likeness (QED) is 0.104. The van der Waals surface area contributed by atoms with Crippen molar-refractivity contribution < 1.29 is 79.2 Å². The molecule has 50 heavy (non-hydrogen) atoms. The lowest BCUT2D eigenvalue weighted by molar-refractivity contribution is 0.0676. The second-order valence-corrected chi connectivity index (χ2v) is 10.5. The minimum Gasteiger partial charge on any atom is -0.478 e. The Kier molecular flexibility index (Phi) is 11.5. The minimum atomic E-state index is -1.31. The fourth-order valence-corrected chi connectivity index (χ4v) is 4.64. The van der Waals surface area contributed by atoms with Gasteiger partial charge >= 0.3 is 47.8 Å². The van der Waals surface area contributed by atoms with Crippen molar-refractivity contribution >= 4 is 47.8 Å². The smallest absolute Gasteiger partial charge is 0.335 e. The van der Waals surface area contributed by atoms with E-state index in [-0.39, 0.29) is 57.3 Å². The number of carboxylic acid groups (broad SMARTS) is 8. The van der Waals surface area contributed by atoms with Crippen LogP contribution in [0.15, 0.2) is 72.8 Å². The fraction of sp³-hybridized carbons (Fsp3) is 0.0588. The molecule has 0 aliphatic heterocycles. The Morgan fingerprint density at radius 1 is 0.260 bits per heavy atom. The Morgan fingerprint density at radius 3 is 0.480 bits per heavy atom. The van der Waals surface area contributed by atoms with Crippen LogP contribution in [0.4, 0.5) is 0 Å². The molecule has 0 amide bonds. The van der Waals surface area contributed by atoms with Crippen molar-refractivity contribution in [3.63, 3.8) is 0 Å². The maximum Gasteiger partial charge on any atom is 0.335 e. The van der Waals surface area contributed by atoms with Gasteiger partial charge in [-0.25, -0.2) is 38.4 Å². The monoisotopic (exact) mass is 688 g/mol. The first-order chi connectivity index (χ1) is 23.3. The van der Waals surface area contributed by atoms with Crippen LogP contribution in [0.2, 0.25) is 0 Å². The van der Waals surface area contributed by atoms with Gasteiger partial charge in [-0.1, -0.05) is 0 Å². The van der Waals surface area contributed by atoms with Crippen molar-refractivity contribution in [3.05, 3.63) is 140 Å². The third-order valence-corrected chi connectivity index (χ3v) is 6.76. The number of rotatable bonds is 12. The lowest BCUT2D eigenvalue weighted by Crippen LogP contribution is -2.06. The van der Waals surface area contributed by atoms with Crippen LogP contribution < -0.4 is 0 Å². The van der Waals surface area contributed by atoms with Crippen LogP contribution in [0.3, 0.4) is 0 Å². The van der Waals surface area contributed by atoms with Crippen LogP contribution in [0, 0.1) is 0 Å². The maximum atomic E-state index is 11.1. The van der Waals surface area contributed by atoms with Crippen molar-refractivity contribution in [2.75, 3.05) is 0 Å². The van der Waals surface area contributed by atoms with E-state index in [1.54, 1.807) is 0 Å². The molecule has 0 unspecified atom stereocenters. The van der Waals surface area contributed by atoms with Gasteiger partial charge in [0, 0.05) is 0 Å². The molecule has 4 aromatic carbocycles. The zero-order valence-corrected chi connectivity index (χ0v) is 25.2. The summed E-state index contributed by atoms with van der Waals surface area (Å²) >= 11 is 0. The van der Waals surface area contributed by atoms with E-state index in [9.17, 15) is 38.4 Å². The van der Waals surface area contributed by atoms with Gasteiger partial charge in [0.05, 0.1) is 44.5 Å². The first-order valence-corrected chi connectivity index (χ1v) is 13.8. The molecule has 16 nitrogen and oxygen atoms in total. The zero-order valence-electron chi connectivity index (χ0n) is 25.2. The molecule has 0 saturated heterocycles. The molecule has 0 spiro atoms. The molecule has 0 aliphatic rings. The normalized spacial score (nSPS) is 10.2. The molecular formula is C34H24O16. The summed E-state index contributed by atoms with van der Waals surface area (Å²) in [6, 6.07) is 14.0. The van der Waals surface area contributed by atoms with Crippen molar-refractivity contribution in [2.24, 2.45) is 0 Å². The summed E-state index contributed by atoms with van der Waals surface area (Å²) in [6.07, 6.45) is -0.0500. The molecule has 0 radical (unpaired) electrons. The predicted octanol–water partition coefficient (Wildman–Crippen LogP) is 4.14. The van der Waals surface area contributed by atoms with E-state index >= 15 is 0 Å². The molecule has 0 heterocycles. The van der Waals surface area contributed by atoms with Gasteiger partial charge in [0.25, 0.3) is 0 Å². The van der Waals surface area contributed by atoms with Gasteiger partial charge in [-0.05, 0) is 108 Å². The highest BCUT2D eigenvalue weighted by molar-refractivity contribution is 5.96. The molecule has 8 N–H and O–H groups in total. The van der Waals surface area contributed by atoms with Gasteiger partial charge in [0.1, 0.15) is 0 Å². The SMILES string of the molecule is O=C(O)c1cc(Cc2cc(C(=O)O)cc(C(=O)O)c2)cc(C(=O)O)c1.O=C(O)c1cc(Cc2cc(C(=O)O)cc(C(=O)O)c2)cc(C(=O)O)c1. The first-order valence-electron chi connectivity index (χ1n) is 13.8. The van der Waals surface area contributed by atoms with Crippen molar-refractivity contribution in [1.29, 1.82) is 0 Å². The molecule has 16 heteroatoms. The molecule has 4 aromatic rings. The van der Waals surface area contributed by atoms with Crippen molar-refractivity contribution in [2.45, 2.75) is 12.8 Å². The lowest BCUT2D eigenvalue weighted by Gasteiger charge is -2.08. The van der Waals surface area contributed by atoms with Crippen LogP contribution >= 0.6 is 0 Å². The van der Waals surface area contributed by atoms with Crippen LogP contribution in [0.5, 0.6) is 0 Å². The molecular weight excluding hydrogens is 664 g/mol. The summed E-state index contributed by atoms with van der Waals surface area (Å²) in [6.45, 7) is 0. The predicted molar refractivity (Wildman–Crippen MR) is 167 cm³/mol. The van der Waals surface area contributed by atoms with E-state index in [1.807, 2.05) is 0 Å². The Bertz CT molecular complexity index is 1670.